The van der Waals surface area contributed by atoms with E-state index in [1.54, 1.807) is 0 Å². The third kappa shape index (κ3) is 5.49. The van der Waals surface area contributed by atoms with E-state index < -0.39 is 9.84 Å². The number of likely N-dealkylation sites (tertiary alicyclic amines) is 1. The minimum Gasteiger partial charge on any atom is -0.313 e. The molecule has 0 radical (unpaired) electrons. The number of nitrogens with one attached hydrogen (secondary N) is 1. The molecule has 1 aliphatic heterocycles. The molecule has 1 aliphatic rings. The molecule has 0 aromatic carbocycles. The lowest BCUT2D eigenvalue weighted by Gasteiger charge is -2.32. The third-order valence-electron chi connectivity index (χ3n) is 2.78. The van der Waals surface area contributed by atoms with Crippen molar-refractivity contribution < 1.29 is 8.42 Å². The molecule has 1 atom stereocenters. The fourth-order valence-corrected chi connectivity index (χ4v) is 2.60. The zero-order valence-corrected chi connectivity index (χ0v) is 10.5. The zero-order valence-electron chi connectivity index (χ0n) is 9.70. The van der Waals surface area contributed by atoms with Crippen LogP contribution in [0.3, 0.4) is 0 Å². The van der Waals surface area contributed by atoms with Crippen LogP contribution < -0.4 is 5.32 Å². The highest BCUT2D eigenvalue weighted by Gasteiger charge is 2.19. The maximum absolute atomic E-state index is 11.0. The molecular weight excluding hydrogens is 212 g/mol. The highest BCUT2D eigenvalue weighted by atomic mass is 32.2. The van der Waals surface area contributed by atoms with Crippen LogP contribution >= 0.6 is 0 Å². The average Bonchev–Trinajstić information content (AvgIpc) is 2.15. The first-order valence-corrected chi connectivity index (χ1v) is 7.71. The van der Waals surface area contributed by atoms with E-state index in [1.807, 2.05) is 0 Å². The largest absolute Gasteiger partial charge is 0.313 e. The summed E-state index contributed by atoms with van der Waals surface area (Å²) in [5, 5.41) is 3.42. The predicted octanol–water partition coefficient (Wildman–Crippen LogP) is 0.105. The summed E-state index contributed by atoms with van der Waals surface area (Å²) in [4.78, 5) is 2.25. The van der Waals surface area contributed by atoms with Crippen molar-refractivity contribution in [3.63, 3.8) is 0 Å². The number of piperidine rings is 1. The van der Waals surface area contributed by atoms with Gasteiger partial charge in [-0.15, -0.1) is 0 Å². The van der Waals surface area contributed by atoms with Crippen molar-refractivity contribution in [1.82, 2.24) is 10.2 Å². The van der Waals surface area contributed by atoms with Crippen molar-refractivity contribution in [1.29, 1.82) is 0 Å². The van der Waals surface area contributed by atoms with E-state index in [0.29, 0.717) is 12.6 Å². The molecule has 0 amide bonds. The fraction of sp³-hybridized carbons (Fsp3) is 1.00. The summed E-state index contributed by atoms with van der Waals surface area (Å²) in [7, 11) is -2.82. The third-order valence-corrected chi connectivity index (χ3v) is 3.70. The van der Waals surface area contributed by atoms with E-state index in [9.17, 15) is 8.42 Å². The lowest BCUT2D eigenvalue weighted by atomic mass is 10.1. The smallest absolute Gasteiger partial charge is 0.148 e. The summed E-state index contributed by atoms with van der Waals surface area (Å²) in [5.41, 5.74) is 0. The Hall–Kier alpha value is -0.130. The van der Waals surface area contributed by atoms with Gasteiger partial charge < -0.3 is 10.2 Å². The molecule has 0 aromatic rings. The summed E-state index contributed by atoms with van der Waals surface area (Å²) in [6.45, 7) is 5.81. The molecule has 90 valence electrons. The first kappa shape index (κ1) is 12.9. The predicted molar refractivity (Wildman–Crippen MR) is 62.8 cm³/mol. The van der Waals surface area contributed by atoms with Crippen molar-refractivity contribution in [3.05, 3.63) is 0 Å². The van der Waals surface area contributed by atoms with Crippen LogP contribution in [0.5, 0.6) is 0 Å². The average molecular weight is 234 g/mol. The molecule has 0 aliphatic carbocycles. The van der Waals surface area contributed by atoms with Crippen LogP contribution in [0.2, 0.25) is 0 Å². The second-order valence-electron chi connectivity index (χ2n) is 4.33. The highest BCUT2D eigenvalue weighted by molar-refractivity contribution is 7.90. The van der Waals surface area contributed by atoms with Crippen molar-refractivity contribution in [2.24, 2.45) is 0 Å². The summed E-state index contributed by atoms with van der Waals surface area (Å²) in [5.74, 6) is 0.284. The van der Waals surface area contributed by atoms with Gasteiger partial charge in [-0.2, -0.15) is 0 Å². The summed E-state index contributed by atoms with van der Waals surface area (Å²) >= 11 is 0. The zero-order chi connectivity index (χ0) is 11.3. The molecule has 1 unspecified atom stereocenters. The first-order chi connectivity index (χ1) is 7.01. The van der Waals surface area contributed by atoms with Crippen molar-refractivity contribution >= 4 is 9.84 Å². The van der Waals surface area contributed by atoms with Gasteiger partial charge in [0.05, 0.1) is 5.75 Å². The number of likely N-dealkylation sites (N-methyl/N-ethyl adjacent to an activating group) is 1. The molecule has 5 heteroatoms. The number of hydrogen-bond donors (Lipinski definition) is 1. The Morgan fingerprint density at radius 1 is 1.47 bits per heavy atom. The van der Waals surface area contributed by atoms with Gasteiger partial charge in [0.2, 0.25) is 0 Å². The monoisotopic (exact) mass is 234 g/mol. The van der Waals surface area contributed by atoms with Crippen molar-refractivity contribution in [3.8, 4) is 0 Å². The Labute approximate surface area is 93.0 Å². The topological polar surface area (TPSA) is 49.4 Å². The van der Waals surface area contributed by atoms with Crippen molar-refractivity contribution in [2.75, 3.05) is 38.2 Å². The van der Waals surface area contributed by atoms with Crippen LogP contribution in [0.1, 0.15) is 19.8 Å². The molecule has 1 N–H and O–H groups in total. The van der Waals surface area contributed by atoms with E-state index in [2.05, 4.69) is 17.1 Å². The molecule has 15 heavy (non-hydrogen) atoms. The number of sulfone groups is 1. The molecule has 0 saturated carbocycles. The van der Waals surface area contributed by atoms with E-state index in [0.717, 1.165) is 19.6 Å². The quantitative estimate of drug-likeness (QED) is 0.733. The Kier molecular flexibility index (Phi) is 5.02. The van der Waals surface area contributed by atoms with E-state index in [-0.39, 0.29) is 5.75 Å². The van der Waals surface area contributed by atoms with Crippen LogP contribution in [0.15, 0.2) is 0 Å². The van der Waals surface area contributed by atoms with Gasteiger partial charge in [-0.25, -0.2) is 8.42 Å². The summed E-state index contributed by atoms with van der Waals surface area (Å²) in [6, 6.07) is 0.545. The fourth-order valence-electron chi connectivity index (χ4n) is 2.01. The van der Waals surface area contributed by atoms with Crippen LogP contribution in [-0.2, 0) is 9.84 Å². The summed E-state index contributed by atoms with van der Waals surface area (Å²) < 4.78 is 22.1. The Morgan fingerprint density at radius 3 is 2.80 bits per heavy atom. The van der Waals surface area contributed by atoms with E-state index in [4.69, 9.17) is 0 Å². The molecule has 1 fully saturated rings. The van der Waals surface area contributed by atoms with Gasteiger partial charge in [0.1, 0.15) is 9.84 Å². The Bertz CT molecular complexity index is 275. The van der Waals surface area contributed by atoms with Gasteiger partial charge in [0.25, 0.3) is 0 Å². The van der Waals surface area contributed by atoms with Gasteiger partial charge in [-0.1, -0.05) is 6.92 Å². The second kappa shape index (κ2) is 5.82. The van der Waals surface area contributed by atoms with Crippen molar-refractivity contribution in [2.45, 2.75) is 25.8 Å². The Morgan fingerprint density at radius 2 is 2.20 bits per heavy atom. The molecule has 0 bridgehead atoms. The molecule has 1 rings (SSSR count). The van der Waals surface area contributed by atoms with Gasteiger partial charge in [0, 0.05) is 25.4 Å². The maximum atomic E-state index is 11.0. The second-order valence-corrected chi connectivity index (χ2v) is 6.59. The van der Waals surface area contributed by atoms with Crippen LogP contribution in [0.25, 0.3) is 0 Å². The van der Waals surface area contributed by atoms with E-state index in [1.165, 1.54) is 19.1 Å². The van der Waals surface area contributed by atoms with E-state index >= 15 is 0 Å². The normalized spacial score (nSPS) is 24.3. The van der Waals surface area contributed by atoms with Gasteiger partial charge in [0.15, 0.2) is 0 Å². The molecule has 4 nitrogen and oxygen atoms in total. The number of hydrogen-bond acceptors (Lipinski definition) is 4. The standard InChI is InChI=1S/C10H22N2O2S/c1-3-11-10-5-4-6-12(9-10)7-8-15(2,13)14/h10-11H,3-9H2,1-2H3. The van der Waals surface area contributed by atoms with Crippen LogP contribution in [0, 0.1) is 0 Å². The molecule has 0 spiro atoms. The lowest BCUT2D eigenvalue weighted by molar-refractivity contribution is 0.201. The first-order valence-electron chi connectivity index (χ1n) is 5.64. The van der Waals surface area contributed by atoms with Gasteiger partial charge >= 0.3 is 0 Å². The molecule has 1 heterocycles. The minimum atomic E-state index is -2.82. The van der Waals surface area contributed by atoms with Gasteiger partial charge in [-0.3, -0.25) is 0 Å². The minimum absolute atomic E-state index is 0.284. The molecule has 1 saturated heterocycles. The SMILES string of the molecule is CCNC1CCCN(CCS(C)(=O)=O)C1. The number of rotatable bonds is 5. The highest BCUT2D eigenvalue weighted by Crippen LogP contribution is 2.09. The summed E-state index contributed by atoms with van der Waals surface area (Å²) in [6.07, 6.45) is 3.68. The van der Waals surface area contributed by atoms with Crippen LogP contribution in [0.4, 0.5) is 0 Å². The van der Waals surface area contributed by atoms with Gasteiger partial charge in [-0.05, 0) is 25.9 Å². The lowest BCUT2D eigenvalue weighted by Crippen LogP contribution is -2.46. The molecular formula is C10H22N2O2S. The van der Waals surface area contributed by atoms with Crippen LogP contribution in [-0.4, -0.2) is 57.5 Å². The molecule has 0 aromatic heterocycles. The number of nitrogens with zero attached hydrogens (tertiary/aromatic N) is 1. The Balaban J connectivity index is 2.30. The maximum Gasteiger partial charge on any atom is 0.148 e.